The summed E-state index contributed by atoms with van der Waals surface area (Å²) < 4.78 is 0. The van der Waals surface area contributed by atoms with Crippen molar-refractivity contribution in [3.05, 3.63) is 164 Å². The molecule has 0 bridgehead atoms. The zero-order valence-electron chi connectivity index (χ0n) is 24.8. The third kappa shape index (κ3) is 5.31. The second-order valence-electron chi connectivity index (χ2n) is 11.0. The molecule has 8 aromatic rings. The van der Waals surface area contributed by atoms with E-state index in [0.717, 1.165) is 78.2 Å². The summed E-state index contributed by atoms with van der Waals surface area (Å²) in [5, 5.41) is 2.31. The smallest absolute Gasteiger partial charge is 0.0900 e. The van der Waals surface area contributed by atoms with Crippen molar-refractivity contribution in [2.75, 3.05) is 0 Å². The van der Waals surface area contributed by atoms with Crippen LogP contribution in [0.25, 0.3) is 78.2 Å². The molecule has 0 fully saturated rings. The van der Waals surface area contributed by atoms with Gasteiger partial charge >= 0.3 is 0 Å². The predicted molar refractivity (Wildman–Crippen MR) is 186 cm³/mol. The van der Waals surface area contributed by atoms with Gasteiger partial charge in [0.05, 0.1) is 28.5 Å². The Kier molecular flexibility index (Phi) is 7.09. The van der Waals surface area contributed by atoms with E-state index < -0.39 is 0 Å². The van der Waals surface area contributed by atoms with Gasteiger partial charge in [0.1, 0.15) is 0 Å². The molecule has 5 heteroatoms. The molecule has 0 unspecified atom stereocenters. The molecular formula is C41H27N5. The quantitative estimate of drug-likeness (QED) is 0.193. The fraction of sp³-hybridized carbons (Fsp3) is 0. The molecule has 5 nitrogen and oxygen atoms in total. The molecular weight excluding hydrogens is 562 g/mol. The van der Waals surface area contributed by atoms with Crippen molar-refractivity contribution in [1.29, 1.82) is 0 Å². The molecule has 5 aromatic heterocycles. The molecule has 46 heavy (non-hydrogen) atoms. The van der Waals surface area contributed by atoms with Crippen molar-refractivity contribution in [2.45, 2.75) is 0 Å². The Morgan fingerprint density at radius 1 is 0.304 bits per heavy atom. The van der Waals surface area contributed by atoms with Gasteiger partial charge in [-0.1, -0.05) is 54.6 Å². The van der Waals surface area contributed by atoms with Crippen LogP contribution in [-0.4, -0.2) is 24.9 Å². The molecule has 0 atom stereocenters. The van der Waals surface area contributed by atoms with Gasteiger partial charge in [-0.15, -0.1) is 0 Å². The van der Waals surface area contributed by atoms with Gasteiger partial charge in [0.2, 0.25) is 0 Å². The van der Waals surface area contributed by atoms with Gasteiger partial charge in [0.15, 0.2) is 0 Å². The highest BCUT2D eigenvalue weighted by molar-refractivity contribution is 6.06. The summed E-state index contributed by atoms with van der Waals surface area (Å²) in [4.78, 5) is 23.1. The van der Waals surface area contributed by atoms with Crippen LogP contribution < -0.4 is 0 Å². The molecule has 0 spiro atoms. The summed E-state index contributed by atoms with van der Waals surface area (Å²) in [6.07, 6.45) is 9.10. The van der Waals surface area contributed by atoms with Crippen LogP contribution >= 0.6 is 0 Å². The lowest BCUT2D eigenvalue weighted by molar-refractivity contribution is 1.22. The SMILES string of the molecule is c1ccc(-c2cc(-c3ccncc3)cc(-c3ccc(-c4cc(-c5ccccn5)nc(-c5ccccn5)c4)c4ccccc34)c2)nc1. The summed E-state index contributed by atoms with van der Waals surface area (Å²) in [7, 11) is 0. The first-order valence-corrected chi connectivity index (χ1v) is 15.1. The van der Waals surface area contributed by atoms with Crippen molar-refractivity contribution >= 4 is 10.8 Å². The monoisotopic (exact) mass is 589 g/mol. The molecule has 0 saturated heterocycles. The lowest BCUT2D eigenvalue weighted by Crippen LogP contribution is -1.95. The van der Waals surface area contributed by atoms with E-state index in [-0.39, 0.29) is 0 Å². The van der Waals surface area contributed by atoms with Gasteiger partial charge in [0.25, 0.3) is 0 Å². The summed E-state index contributed by atoms with van der Waals surface area (Å²) in [5.74, 6) is 0. The van der Waals surface area contributed by atoms with Crippen LogP contribution in [0, 0.1) is 0 Å². The zero-order valence-corrected chi connectivity index (χ0v) is 24.8. The van der Waals surface area contributed by atoms with Crippen molar-refractivity contribution in [1.82, 2.24) is 24.9 Å². The number of benzene rings is 3. The molecule has 216 valence electrons. The normalized spacial score (nSPS) is 11.0. The minimum atomic E-state index is 0.803. The second kappa shape index (κ2) is 12.0. The Labute approximate surface area is 267 Å². The van der Waals surface area contributed by atoms with Gasteiger partial charge in [-0.2, -0.15) is 0 Å². The first-order valence-electron chi connectivity index (χ1n) is 15.1. The van der Waals surface area contributed by atoms with E-state index in [1.807, 2.05) is 79.3 Å². The van der Waals surface area contributed by atoms with Crippen molar-refractivity contribution in [3.8, 4) is 67.4 Å². The van der Waals surface area contributed by atoms with Gasteiger partial charge in [-0.05, 0) is 123 Å². The zero-order chi connectivity index (χ0) is 30.7. The summed E-state index contributed by atoms with van der Waals surface area (Å²) >= 11 is 0. The number of hydrogen-bond acceptors (Lipinski definition) is 5. The molecule has 0 radical (unpaired) electrons. The number of nitrogens with zero attached hydrogens (tertiary/aromatic N) is 5. The van der Waals surface area contributed by atoms with E-state index in [1.165, 1.54) is 0 Å². The van der Waals surface area contributed by atoms with E-state index in [1.54, 1.807) is 12.4 Å². The molecule has 5 heterocycles. The van der Waals surface area contributed by atoms with E-state index >= 15 is 0 Å². The van der Waals surface area contributed by atoms with E-state index in [0.29, 0.717) is 0 Å². The highest BCUT2D eigenvalue weighted by Crippen LogP contribution is 2.40. The Morgan fingerprint density at radius 3 is 1.33 bits per heavy atom. The number of pyridine rings is 5. The van der Waals surface area contributed by atoms with E-state index in [9.17, 15) is 0 Å². The largest absolute Gasteiger partial charge is 0.265 e. The third-order valence-corrected chi connectivity index (χ3v) is 8.13. The topological polar surface area (TPSA) is 64.5 Å². The van der Waals surface area contributed by atoms with Crippen LogP contribution in [0.3, 0.4) is 0 Å². The van der Waals surface area contributed by atoms with Gasteiger partial charge < -0.3 is 0 Å². The van der Waals surface area contributed by atoms with Crippen molar-refractivity contribution in [2.24, 2.45) is 0 Å². The van der Waals surface area contributed by atoms with Crippen LogP contribution in [0.5, 0.6) is 0 Å². The maximum absolute atomic E-state index is 4.99. The molecule has 8 rings (SSSR count). The Bertz CT molecular complexity index is 2010. The van der Waals surface area contributed by atoms with Crippen molar-refractivity contribution in [3.63, 3.8) is 0 Å². The number of fused-ring (bicyclic) bond motifs is 1. The molecule has 0 aliphatic heterocycles. The first-order chi connectivity index (χ1) is 22.8. The molecule has 0 N–H and O–H groups in total. The highest BCUT2D eigenvalue weighted by Gasteiger charge is 2.15. The van der Waals surface area contributed by atoms with Gasteiger partial charge in [-0.3, -0.25) is 19.9 Å². The average molecular weight is 590 g/mol. The van der Waals surface area contributed by atoms with Crippen LogP contribution in [0.15, 0.2) is 164 Å². The molecule has 3 aromatic carbocycles. The summed E-state index contributed by atoms with van der Waals surface area (Å²) in [5.41, 5.74) is 11.9. The highest BCUT2D eigenvalue weighted by atomic mass is 14.8. The average Bonchev–Trinajstić information content (AvgIpc) is 3.15. The maximum atomic E-state index is 4.99. The fourth-order valence-corrected chi connectivity index (χ4v) is 5.96. The van der Waals surface area contributed by atoms with E-state index in [4.69, 9.17) is 4.98 Å². The van der Waals surface area contributed by atoms with Gasteiger partial charge in [0, 0.05) is 36.5 Å². The maximum Gasteiger partial charge on any atom is 0.0900 e. The number of hydrogen-bond donors (Lipinski definition) is 0. The molecule has 0 aliphatic carbocycles. The van der Waals surface area contributed by atoms with Crippen LogP contribution in [0.2, 0.25) is 0 Å². The summed E-state index contributed by atoms with van der Waals surface area (Å²) in [6, 6.07) is 45.9. The second-order valence-corrected chi connectivity index (χ2v) is 11.0. The number of aromatic nitrogens is 5. The standard InChI is InChI=1S/C41H27N5/c1-2-10-36-34(31-26-40(38-12-4-7-19-44-38)46-41(27-31)39-13-5-8-20-45-39)15-14-33(35(36)9-1)30-23-29(28-16-21-42-22-17-28)24-32(25-30)37-11-3-6-18-43-37/h1-27H. The van der Waals surface area contributed by atoms with Crippen LogP contribution in [-0.2, 0) is 0 Å². The van der Waals surface area contributed by atoms with Gasteiger partial charge in [-0.25, -0.2) is 4.98 Å². The Balaban J connectivity index is 1.33. The lowest BCUT2D eigenvalue weighted by atomic mass is 9.89. The lowest BCUT2D eigenvalue weighted by Gasteiger charge is -2.16. The first kappa shape index (κ1) is 27.2. The van der Waals surface area contributed by atoms with Crippen molar-refractivity contribution < 1.29 is 0 Å². The minimum Gasteiger partial charge on any atom is -0.265 e. The minimum absolute atomic E-state index is 0.803. The Hall–Kier alpha value is -6.33. The molecule has 0 saturated carbocycles. The number of rotatable bonds is 6. The predicted octanol–water partition coefficient (Wildman–Crippen LogP) is 9.82. The van der Waals surface area contributed by atoms with E-state index in [2.05, 4.69) is 92.7 Å². The Morgan fingerprint density at radius 2 is 0.783 bits per heavy atom. The van der Waals surface area contributed by atoms with Crippen LogP contribution in [0.1, 0.15) is 0 Å². The molecule has 0 amide bonds. The molecule has 0 aliphatic rings. The van der Waals surface area contributed by atoms with Crippen LogP contribution in [0.4, 0.5) is 0 Å². The third-order valence-electron chi connectivity index (χ3n) is 8.13. The fourth-order valence-electron chi connectivity index (χ4n) is 5.96. The summed E-state index contributed by atoms with van der Waals surface area (Å²) in [6.45, 7) is 0.